The van der Waals surface area contributed by atoms with Crippen LogP contribution in [0.3, 0.4) is 0 Å². The first-order valence-electron chi connectivity index (χ1n) is 9.24. The minimum atomic E-state index is -0.274. The Hall–Kier alpha value is -2.44. The smallest absolute Gasteiger partial charge is 0.409 e. The largest absolute Gasteiger partial charge is 0.493 e. The summed E-state index contributed by atoms with van der Waals surface area (Å²) in [6.07, 6.45) is 1.94. The van der Waals surface area contributed by atoms with Crippen LogP contribution in [-0.4, -0.2) is 55.9 Å². The van der Waals surface area contributed by atoms with Crippen molar-refractivity contribution in [2.24, 2.45) is 0 Å². The molecule has 0 saturated carbocycles. The van der Waals surface area contributed by atoms with Gasteiger partial charge in [0, 0.05) is 25.7 Å². The van der Waals surface area contributed by atoms with Gasteiger partial charge in [0.15, 0.2) is 0 Å². The van der Waals surface area contributed by atoms with Crippen LogP contribution in [0.1, 0.15) is 31.7 Å². The number of hydrogen-bond donors (Lipinski definition) is 2. The van der Waals surface area contributed by atoms with Crippen LogP contribution >= 0.6 is 0 Å². The lowest BCUT2D eigenvalue weighted by Crippen LogP contribution is -2.49. The highest BCUT2D eigenvalue weighted by molar-refractivity contribution is 5.74. The fourth-order valence-electron chi connectivity index (χ4n) is 2.83. The number of carbonyl (C=O) groups excluding carboxylic acids is 2. The number of aryl methyl sites for hydroxylation is 1. The van der Waals surface area contributed by atoms with Gasteiger partial charge in [0.05, 0.1) is 13.2 Å². The second kappa shape index (κ2) is 10.5. The SMILES string of the molecule is CCOC(=O)N1CCC(NC(=O)NCCCOc2ccccc2C)CC1. The summed E-state index contributed by atoms with van der Waals surface area (Å²) in [5.41, 5.74) is 1.10. The van der Waals surface area contributed by atoms with Crippen molar-refractivity contribution >= 4 is 12.1 Å². The first-order chi connectivity index (χ1) is 12.6. The van der Waals surface area contributed by atoms with Crippen molar-refractivity contribution < 1.29 is 19.1 Å². The van der Waals surface area contributed by atoms with Crippen molar-refractivity contribution in [1.82, 2.24) is 15.5 Å². The fourth-order valence-corrected chi connectivity index (χ4v) is 2.83. The predicted molar refractivity (Wildman–Crippen MR) is 99.4 cm³/mol. The number of nitrogens with one attached hydrogen (secondary N) is 2. The molecule has 0 bridgehead atoms. The number of para-hydroxylation sites is 1. The highest BCUT2D eigenvalue weighted by atomic mass is 16.6. The molecule has 26 heavy (non-hydrogen) atoms. The maximum Gasteiger partial charge on any atom is 0.409 e. The molecule has 7 nitrogen and oxygen atoms in total. The number of carbonyl (C=O) groups is 2. The van der Waals surface area contributed by atoms with Gasteiger partial charge in [0.1, 0.15) is 5.75 Å². The van der Waals surface area contributed by atoms with Gasteiger partial charge in [-0.3, -0.25) is 0 Å². The summed E-state index contributed by atoms with van der Waals surface area (Å²) in [7, 11) is 0. The average molecular weight is 363 g/mol. The van der Waals surface area contributed by atoms with Gasteiger partial charge in [0.25, 0.3) is 0 Å². The molecule has 2 N–H and O–H groups in total. The number of urea groups is 1. The number of benzene rings is 1. The summed E-state index contributed by atoms with van der Waals surface area (Å²) in [6.45, 7) is 6.51. The lowest BCUT2D eigenvalue weighted by molar-refractivity contribution is 0.0957. The molecular weight excluding hydrogens is 334 g/mol. The molecule has 0 spiro atoms. The number of ether oxygens (including phenoxy) is 2. The van der Waals surface area contributed by atoms with E-state index in [2.05, 4.69) is 10.6 Å². The number of hydrogen-bond acceptors (Lipinski definition) is 4. The van der Waals surface area contributed by atoms with Crippen molar-refractivity contribution in [3.05, 3.63) is 29.8 Å². The molecule has 144 valence electrons. The molecule has 0 radical (unpaired) electrons. The molecule has 0 atom stereocenters. The number of nitrogens with zero attached hydrogens (tertiary/aromatic N) is 1. The van der Waals surface area contributed by atoms with Gasteiger partial charge in [-0.2, -0.15) is 0 Å². The molecule has 1 heterocycles. The summed E-state index contributed by atoms with van der Waals surface area (Å²) in [5, 5.41) is 5.81. The summed E-state index contributed by atoms with van der Waals surface area (Å²) >= 11 is 0. The summed E-state index contributed by atoms with van der Waals surface area (Å²) in [5.74, 6) is 0.880. The summed E-state index contributed by atoms with van der Waals surface area (Å²) in [6, 6.07) is 7.79. The Morgan fingerprint density at radius 3 is 2.65 bits per heavy atom. The van der Waals surface area contributed by atoms with Gasteiger partial charge in [-0.05, 0) is 44.7 Å². The Morgan fingerprint density at radius 2 is 1.96 bits per heavy atom. The number of likely N-dealkylation sites (tertiary alicyclic amines) is 1. The average Bonchev–Trinajstić information content (AvgIpc) is 2.63. The van der Waals surface area contributed by atoms with Crippen molar-refractivity contribution in [3.63, 3.8) is 0 Å². The van der Waals surface area contributed by atoms with Crippen LogP contribution in [0.25, 0.3) is 0 Å². The lowest BCUT2D eigenvalue weighted by Gasteiger charge is -2.31. The number of piperidine rings is 1. The summed E-state index contributed by atoms with van der Waals surface area (Å²) < 4.78 is 10.7. The maximum absolute atomic E-state index is 11.9. The van der Waals surface area contributed by atoms with Gasteiger partial charge in [-0.1, -0.05) is 18.2 Å². The number of amides is 3. The third-order valence-corrected chi connectivity index (χ3v) is 4.31. The zero-order chi connectivity index (χ0) is 18.8. The van der Waals surface area contributed by atoms with Crippen LogP contribution in [-0.2, 0) is 4.74 Å². The molecule has 1 aromatic carbocycles. The Labute approximate surface area is 155 Å². The molecule has 1 aliphatic heterocycles. The van der Waals surface area contributed by atoms with E-state index in [-0.39, 0.29) is 18.2 Å². The van der Waals surface area contributed by atoms with Crippen molar-refractivity contribution in [1.29, 1.82) is 0 Å². The minimum Gasteiger partial charge on any atom is -0.493 e. The monoisotopic (exact) mass is 363 g/mol. The van der Waals surface area contributed by atoms with Crippen molar-refractivity contribution in [3.8, 4) is 5.75 Å². The minimum absolute atomic E-state index is 0.0869. The van der Waals surface area contributed by atoms with Crippen molar-refractivity contribution in [2.75, 3.05) is 32.8 Å². The van der Waals surface area contributed by atoms with Crippen LogP contribution in [0.4, 0.5) is 9.59 Å². The van der Waals surface area contributed by atoms with Gasteiger partial charge in [-0.25, -0.2) is 9.59 Å². The van der Waals surface area contributed by atoms with E-state index in [9.17, 15) is 9.59 Å². The number of rotatable bonds is 7. The molecule has 1 aromatic rings. The van der Waals surface area contributed by atoms with Crippen LogP contribution in [0.2, 0.25) is 0 Å². The van der Waals surface area contributed by atoms with E-state index in [0.29, 0.717) is 32.8 Å². The zero-order valence-electron chi connectivity index (χ0n) is 15.6. The van der Waals surface area contributed by atoms with Gasteiger partial charge in [-0.15, -0.1) is 0 Å². The molecule has 1 saturated heterocycles. The molecule has 2 rings (SSSR count). The third-order valence-electron chi connectivity index (χ3n) is 4.31. The molecule has 0 aromatic heterocycles. The molecule has 7 heteroatoms. The molecule has 1 aliphatic rings. The van der Waals surface area contributed by atoms with E-state index in [0.717, 1.165) is 30.6 Å². The van der Waals surface area contributed by atoms with E-state index in [4.69, 9.17) is 9.47 Å². The molecule has 3 amide bonds. The highest BCUT2D eigenvalue weighted by Crippen LogP contribution is 2.16. The van der Waals surface area contributed by atoms with Gasteiger partial charge >= 0.3 is 12.1 Å². The van der Waals surface area contributed by atoms with Gasteiger partial charge < -0.3 is 25.0 Å². The second-order valence-corrected chi connectivity index (χ2v) is 6.33. The molecular formula is C19H29N3O4. The topological polar surface area (TPSA) is 79.9 Å². The lowest BCUT2D eigenvalue weighted by atomic mass is 10.1. The highest BCUT2D eigenvalue weighted by Gasteiger charge is 2.24. The van der Waals surface area contributed by atoms with E-state index < -0.39 is 0 Å². The Balaban J connectivity index is 1.55. The maximum atomic E-state index is 11.9. The first-order valence-corrected chi connectivity index (χ1v) is 9.24. The fraction of sp³-hybridized carbons (Fsp3) is 0.579. The van der Waals surface area contributed by atoms with E-state index >= 15 is 0 Å². The first kappa shape index (κ1) is 19.9. The third kappa shape index (κ3) is 6.46. The van der Waals surface area contributed by atoms with E-state index in [1.807, 2.05) is 31.2 Å². The molecule has 0 unspecified atom stereocenters. The predicted octanol–water partition coefficient (Wildman–Crippen LogP) is 2.68. The second-order valence-electron chi connectivity index (χ2n) is 6.33. The van der Waals surface area contributed by atoms with Crippen molar-refractivity contribution in [2.45, 2.75) is 39.2 Å². The Bertz CT molecular complexity index is 586. The van der Waals surface area contributed by atoms with Gasteiger partial charge in [0.2, 0.25) is 0 Å². The molecule has 0 aliphatic carbocycles. The summed E-state index contributed by atoms with van der Waals surface area (Å²) in [4.78, 5) is 25.3. The van der Waals surface area contributed by atoms with E-state index in [1.54, 1.807) is 11.8 Å². The van der Waals surface area contributed by atoms with Crippen LogP contribution in [0, 0.1) is 6.92 Å². The van der Waals surface area contributed by atoms with Crippen LogP contribution in [0.5, 0.6) is 5.75 Å². The Morgan fingerprint density at radius 1 is 1.23 bits per heavy atom. The quantitative estimate of drug-likeness (QED) is 0.730. The normalized spacial score (nSPS) is 14.6. The van der Waals surface area contributed by atoms with E-state index in [1.165, 1.54) is 0 Å². The zero-order valence-corrected chi connectivity index (χ0v) is 15.6. The Kier molecular flexibility index (Phi) is 8.05. The van der Waals surface area contributed by atoms with Crippen LogP contribution in [0.15, 0.2) is 24.3 Å². The molecule has 1 fully saturated rings. The standard InChI is InChI=1S/C19H29N3O4/c1-3-25-19(24)22-12-9-16(10-13-22)21-18(23)20-11-6-14-26-17-8-5-4-7-15(17)2/h4-5,7-8,16H,3,6,9-14H2,1-2H3,(H2,20,21,23). The van der Waals surface area contributed by atoms with Crippen LogP contribution < -0.4 is 15.4 Å².